The number of hydrogen-bond donors (Lipinski definition) is 2. The fourth-order valence-electron chi connectivity index (χ4n) is 1.78. The molecule has 4 nitrogen and oxygen atoms in total. The van der Waals surface area contributed by atoms with E-state index >= 15 is 0 Å². The van der Waals surface area contributed by atoms with Crippen molar-refractivity contribution >= 4 is 38.9 Å². The fourth-order valence-corrected chi connectivity index (χ4v) is 3.44. The van der Waals surface area contributed by atoms with E-state index in [9.17, 15) is 8.42 Å². The summed E-state index contributed by atoms with van der Waals surface area (Å²) in [6, 6.07) is 9.46. The minimum atomic E-state index is -3.75. The minimum Gasteiger partial charge on any atom is -0.326 e. The van der Waals surface area contributed by atoms with Crippen molar-refractivity contribution in [2.45, 2.75) is 18.4 Å². The van der Waals surface area contributed by atoms with Gasteiger partial charge in [0.05, 0.1) is 15.6 Å². The molecule has 0 aliphatic carbocycles. The Kier molecular flexibility index (Phi) is 4.78. The van der Waals surface area contributed by atoms with E-state index in [1.165, 1.54) is 18.2 Å². The van der Waals surface area contributed by atoms with Crippen LogP contribution in [0.1, 0.15) is 11.1 Å². The number of anilines is 1. The van der Waals surface area contributed by atoms with Crippen molar-refractivity contribution in [3.8, 4) is 0 Å². The zero-order valence-corrected chi connectivity index (χ0v) is 13.6. The highest BCUT2D eigenvalue weighted by molar-refractivity contribution is 7.92. The van der Waals surface area contributed by atoms with E-state index in [0.29, 0.717) is 21.3 Å². The van der Waals surface area contributed by atoms with Gasteiger partial charge in [-0.25, -0.2) is 8.42 Å². The summed E-state index contributed by atoms with van der Waals surface area (Å²) in [5, 5.41) is 0.774. The molecule has 0 heterocycles. The van der Waals surface area contributed by atoms with Gasteiger partial charge in [-0.15, -0.1) is 0 Å². The lowest BCUT2D eigenvalue weighted by molar-refractivity contribution is 0.601. The number of sulfonamides is 1. The summed E-state index contributed by atoms with van der Waals surface area (Å²) in [5.41, 5.74) is 7.37. The predicted octanol–water partition coefficient (Wildman–Crippen LogP) is 3.56. The van der Waals surface area contributed by atoms with Crippen LogP contribution in [-0.2, 0) is 16.6 Å². The Morgan fingerprint density at radius 3 is 2.43 bits per heavy atom. The smallest absolute Gasteiger partial charge is 0.261 e. The van der Waals surface area contributed by atoms with Crippen LogP contribution in [0.15, 0.2) is 41.3 Å². The van der Waals surface area contributed by atoms with Crippen LogP contribution in [0.4, 0.5) is 5.69 Å². The first-order chi connectivity index (χ1) is 9.83. The van der Waals surface area contributed by atoms with Crippen LogP contribution in [0.2, 0.25) is 10.0 Å². The fraction of sp³-hybridized carbons (Fsp3) is 0.143. The Morgan fingerprint density at radius 1 is 1.10 bits per heavy atom. The molecule has 0 saturated heterocycles. The molecule has 0 unspecified atom stereocenters. The van der Waals surface area contributed by atoms with Crippen molar-refractivity contribution in [1.29, 1.82) is 0 Å². The molecule has 0 aliphatic rings. The third kappa shape index (κ3) is 3.68. The first-order valence-electron chi connectivity index (χ1n) is 6.11. The van der Waals surface area contributed by atoms with Crippen molar-refractivity contribution in [3.05, 3.63) is 57.6 Å². The van der Waals surface area contributed by atoms with Gasteiger partial charge >= 0.3 is 0 Å². The third-order valence-corrected chi connectivity index (χ3v) is 4.96. The van der Waals surface area contributed by atoms with Crippen LogP contribution < -0.4 is 10.5 Å². The Balaban J connectivity index is 2.38. The highest BCUT2D eigenvalue weighted by atomic mass is 35.5. The molecule has 21 heavy (non-hydrogen) atoms. The van der Waals surface area contributed by atoms with Crippen LogP contribution in [0, 0.1) is 6.92 Å². The van der Waals surface area contributed by atoms with Crippen LogP contribution in [0.25, 0.3) is 0 Å². The number of hydrogen-bond acceptors (Lipinski definition) is 3. The molecule has 2 aromatic rings. The SMILES string of the molecule is Cc1ccc(NS(=O)(=O)c2ccc(Cl)c(CN)c2)c(Cl)c1. The van der Waals surface area contributed by atoms with Gasteiger partial charge in [-0.05, 0) is 48.4 Å². The molecule has 0 bridgehead atoms. The lowest BCUT2D eigenvalue weighted by atomic mass is 10.2. The molecule has 0 aliphatic heterocycles. The monoisotopic (exact) mass is 344 g/mol. The summed E-state index contributed by atoms with van der Waals surface area (Å²) >= 11 is 12.0. The van der Waals surface area contributed by atoms with Crippen molar-refractivity contribution < 1.29 is 8.42 Å². The Morgan fingerprint density at radius 2 is 1.81 bits per heavy atom. The zero-order chi connectivity index (χ0) is 15.6. The van der Waals surface area contributed by atoms with Gasteiger partial charge in [-0.3, -0.25) is 4.72 Å². The van der Waals surface area contributed by atoms with Gasteiger partial charge in [0.25, 0.3) is 10.0 Å². The van der Waals surface area contributed by atoms with E-state index in [1.54, 1.807) is 18.2 Å². The van der Waals surface area contributed by atoms with Crippen molar-refractivity contribution in [3.63, 3.8) is 0 Å². The maximum absolute atomic E-state index is 12.4. The van der Waals surface area contributed by atoms with Gasteiger partial charge in [0.1, 0.15) is 0 Å². The van der Waals surface area contributed by atoms with E-state index < -0.39 is 10.0 Å². The largest absolute Gasteiger partial charge is 0.326 e. The van der Waals surface area contributed by atoms with Gasteiger partial charge in [-0.1, -0.05) is 29.3 Å². The quantitative estimate of drug-likeness (QED) is 0.890. The normalized spacial score (nSPS) is 11.4. The molecule has 0 fully saturated rings. The van der Waals surface area contributed by atoms with E-state index in [-0.39, 0.29) is 11.4 Å². The first-order valence-corrected chi connectivity index (χ1v) is 8.35. The number of nitrogens with two attached hydrogens (primary N) is 1. The lowest BCUT2D eigenvalue weighted by Crippen LogP contribution is -2.14. The number of benzene rings is 2. The third-order valence-electron chi connectivity index (χ3n) is 2.92. The van der Waals surface area contributed by atoms with Crippen molar-refractivity contribution in [2.24, 2.45) is 5.73 Å². The predicted molar refractivity (Wildman–Crippen MR) is 86.3 cm³/mol. The average molecular weight is 345 g/mol. The zero-order valence-electron chi connectivity index (χ0n) is 11.2. The molecule has 7 heteroatoms. The van der Waals surface area contributed by atoms with E-state index in [0.717, 1.165) is 5.56 Å². The molecule has 112 valence electrons. The molecule has 0 saturated carbocycles. The Labute approximate surface area is 133 Å². The molecule has 0 spiro atoms. The molecule has 0 aromatic heterocycles. The molecule has 3 N–H and O–H groups in total. The Bertz CT molecular complexity index is 777. The maximum Gasteiger partial charge on any atom is 0.261 e. The van der Waals surface area contributed by atoms with Gasteiger partial charge in [-0.2, -0.15) is 0 Å². The van der Waals surface area contributed by atoms with E-state index in [4.69, 9.17) is 28.9 Å². The second-order valence-corrected chi connectivity index (χ2v) is 7.04. The van der Waals surface area contributed by atoms with Gasteiger partial charge in [0.15, 0.2) is 0 Å². The second kappa shape index (κ2) is 6.23. The summed E-state index contributed by atoms with van der Waals surface area (Å²) in [6.45, 7) is 2.03. The van der Waals surface area contributed by atoms with Crippen molar-refractivity contribution in [2.75, 3.05) is 4.72 Å². The summed E-state index contributed by atoms with van der Waals surface area (Å²) < 4.78 is 27.2. The molecule has 0 amide bonds. The summed E-state index contributed by atoms with van der Waals surface area (Å²) in [4.78, 5) is 0.0870. The minimum absolute atomic E-state index is 0.0870. The van der Waals surface area contributed by atoms with E-state index in [1.807, 2.05) is 6.92 Å². The molecular weight excluding hydrogens is 331 g/mol. The molecule has 0 atom stereocenters. The standard InChI is InChI=1S/C14H14Cl2N2O2S/c1-9-2-5-14(13(16)6-9)18-21(19,20)11-3-4-12(15)10(7-11)8-17/h2-7,18H,8,17H2,1H3. The van der Waals surface area contributed by atoms with Gasteiger partial charge < -0.3 is 5.73 Å². The molecular formula is C14H14Cl2N2O2S. The highest BCUT2D eigenvalue weighted by Gasteiger charge is 2.17. The van der Waals surface area contributed by atoms with Crippen LogP contribution in [0.5, 0.6) is 0 Å². The van der Waals surface area contributed by atoms with E-state index in [2.05, 4.69) is 4.72 Å². The molecule has 0 radical (unpaired) electrons. The van der Waals surface area contributed by atoms with Gasteiger partial charge in [0, 0.05) is 11.6 Å². The highest BCUT2D eigenvalue weighted by Crippen LogP contribution is 2.27. The average Bonchev–Trinajstić information content (AvgIpc) is 2.42. The summed E-state index contributed by atoms with van der Waals surface area (Å²) in [7, 11) is -3.75. The molecule has 2 rings (SSSR count). The number of halogens is 2. The first kappa shape index (κ1) is 16.1. The summed E-state index contributed by atoms with van der Waals surface area (Å²) in [5.74, 6) is 0. The summed E-state index contributed by atoms with van der Waals surface area (Å²) in [6.07, 6.45) is 0. The number of rotatable bonds is 4. The van der Waals surface area contributed by atoms with Crippen molar-refractivity contribution in [1.82, 2.24) is 0 Å². The maximum atomic E-state index is 12.4. The Hall–Kier alpha value is -1.27. The topological polar surface area (TPSA) is 72.2 Å². The van der Waals surface area contributed by atoms with Crippen LogP contribution in [-0.4, -0.2) is 8.42 Å². The second-order valence-electron chi connectivity index (χ2n) is 4.55. The van der Waals surface area contributed by atoms with Crippen LogP contribution in [0.3, 0.4) is 0 Å². The van der Waals surface area contributed by atoms with Crippen LogP contribution >= 0.6 is 23.2 Å². The lowest BCUT2D eigenvalue weighted by Gasteiger charge is -2.11. The van der Waals surface area contributed by atoms with Gasteiger partial charge in [0.2, 0.25) is 0 Å². The number of nitrogens with one attached hydrogen (secondary N) is 1. The number of aryl methyl sites for hydroxylation is 1. The molecule has 2 aromatic carbocycles.